The average molecular weight is 612 g/mol. The number of ether oxygens (including phenoxy) is 2. The van der Waals surface area contributed by atoms with Crippen molar-refractivity contribution in [1.82, 2.24) is 10.6 Å². The van der Waals surface area contributed by atoms with Gasteiger partial charge in [-0.25, -0.2) is 9.18 Å². The Morgan fingerprint density at radius 3 is 2.26 bits per heavy atom. The van der Waals surface area contributed by atoms with Crippen molar-refractivity contribution in [2.45, 2.75) is 57.3 Å². The van der Waals surface area contributed by atoms with Gasteiger partial charge in [0, 0.05) is 12.5 Å². The molecule has 0 saturated carbocycles. The molecule has 13 heteroatoms. The number of nitrogens with one attached hydrogen (secondary N) is 2. The molecule has 0 unspecified atom stereocenters. The Morgan fingerprint density at radius 1 is 0.977 bits per heavy atom. The lowest BCUT2D eigenvalue weighted by Crippen LogP contribution is -2.53. The number of amides is 2. The highest BCUT2D eigenvalue weighted by molar-refractivity contribution is 5.76. The zero-order chi connectivity index (χ0) is 32.0. The highest BCUT2D eigenvalue weighted by Gasteiger charge is 2.45. The van der Waals surface area contributed by atoms with Crippen LogP contribution in [0.3, 0.4) is 0 Å². The second kappa shape index (κ2) is 13.2. The van der Waals surface area contributed by atoms with E-state index in [0.29, 0.717) is 22.9 Å². The van der Waals surface area contributed by atoms with Gasteiger partial charge in [0.05, 0.1) is 18.2 Å². The van der Waals surface area contributed by atoms with Crippen LogP contribution < -0.4 is 20.1 Å². The maximum Gasteiger partial charge on any atom is 0.461 e. The van der Waals surface area contributed by atoms with Crippen molar-refractivity contribution in [3.63, 3.8) is 0 Å². The molecular weight excluding hydrogens is 583 g/mol. The maximum atomic E-state index is 15.0. The zero-order valence-electron chi connectivity index (χ0n) is 23.2. The number of rotatable bonds is 12. The number of carbonyl (C=O) groups excluding carboxylic acids is 1. The summed E-state index contributed by atoms with van der Waals surface area (Å²) in [7, 11) is 0. The van der Waals surface area contributed by atoms with Gasteiger partial charge in [0.15, 0.2) is 0 Å². The van der Waals surface area contributed by atoms with Crippen LogP contribution in [0.25, 0.3) is 0 Å². The topological polar surface area (TPSA) is 83.4 Å². The molecule has 3 aromatic rings. The maximum absolute atomic E-state index is 15.0. The van der Waals surface area contributed by atoms with Gasteiger partial charge in [-0.05, 0) is 61.2 Å². The van der Waals surface area contributed by atoms with Gasteiger partial charge in [-0.1, -0.05) is 42.5 Å². The fraction of sp³-hybridized carbons (Fsp3) is 0.333. The summed E-state index contributed by atoms with van der Waals surface area (Å²) >= 11 is 0. The van der Waals surface area contributed by atoms with Crippen LogP contribution in [-0.2, 0) is 12.0 Å². The third kappa shape index (κ3) is 8.53. The minimum atomic E-state index is -4.98. The first-order valence-corrected chi connectivity index (χ1v) is 12.9. The summed E-state index contributed by atoms with van der Waals surface area (Å²) in [6.07, 6.45) is -9.75. The van der Waals surface area contributed by atoms with E-state index in [9.17, 15) is 35.5 Å². The number of halogens is 7. The van der Waals surface area contributed by atoms with Gasteiger partial charge in [-0.3, -0.25) is 0 Å². The molecule has 0 fully saturated rings. The van der Waals surface area contributed by atoms with E-state index in [4.69, 9.17) is 10.00 Å². The van der Waals surface area contributed by atoms with Crippen molar-refractivity contribution in [2.75, 3.05) is 6.54 Å². The second-order valence-electron chi connectivity index (χ2n) is 9.98. The normalized spacial score (nSPS) is 13.3. The van der Waals surface area contributed by atoms with Crippen molar-refractivity contribution in [2.24, 2.45) is 0 Å². The van der Waals surface area contributed by atoms with E-state index in [1.165, 1.54) is 12.1 Å². The van der Waals surface area contributed by atoms with Gasteiger partial charge >= 0.3 is 24.5 Å². The molecule has 6 nitrogen and oxygen atoms in total. The Bertz CT molecular complexity index is 1460. The molecule has 2 N–H and O–H groups in total. The molecule has 0 aliphatic carbocycles. The van der Waals surface area contributed by atoms with Crippen LogP contribution >= 0.6 is 0 Å². The fourth-order valence-corrected chi connectivity index (χ4v) is 4.25. The van der Waals surface area contributed by atoms with Crippen LogP contribution in [0, 0.1) is 24.1 Å². The van der Waals surface area contributed by atoms with Crippen LogP contribution in [-0.4, -0.2) is 37.1 Å². The fourth-order valence-electron chi connectivity index (χ4n) is 4.25. The van der Waals surface area contributed by atoms with Crippen molar-refractivity contribution < 1.29 is 45.0 Å². The third-order valence-corrected chi connectivity index (χ3v) is 6.19. The van der Waals surface area contributed by atoms with E-state index in [2.05, 4.69) is 10.1 Å². The number of hydrogen-bond donors (Lipinski definition) is 2. The molecule has 43 heavy (non-hydrogen) atoms. The highest BCUT2D eigenvalue weighted by atomic mass is 19.3. The second-order valence-corrected chi connectivity index (χ2v) is 9.98. The van der Waals surface area contributed by atoms with Gasteiger partial charge in [0.1, 0.15) is 23.4 Å². The first-order chi connectivity index (χ1) is 20.1. The van der Waals surface area contributed by atoms with Gasteiger partial charge in [0.2, 0.25) is 0 Å². The monoisotopic (exact) mass is 611 g/mol. The Balaban J connectivity index is 2.30. The molecule has 3 aromatic carbocycles. The van der Waals surface area contributed by atoms with Crippen molar-refractivity contribution in [3.05, 3.63) is 94.8 Å². The largest absolute Gasteiger partial charge is 0.491 e. The number of hydrogen-bond acceptors (Lipinski definition) is 4. The molecule has 1 atom stereocenters. The molecule has 230 valence electrons. The average Bonchev–Trinajstić information content (AvgIpc) is 2.92. The Hall–Kier alpha value is -4.47. The van der Waals surface area contributed by atoms with Crippen LogP contribution in [0.2, 0.25) is 0 Å². The summed E-state index contributed by atoms with van der Waals surface area (Å²) in [4.78, 5) is 13.1. The van der Waals surface area contributed by atoms with Crippen molar-refractivity contribution in [1.29, 1.82) is 5.26 Å². The SMILES string of the molecule is Cc1ccc([C@@](Cc2ccccc2)(NC(=O)NCC(F)(F)C#N)c2cc(F)cc(OC(F)(F)C(F)F)c2)cc1OC(C)C. The van der Waals surface area contributed by atoms with E-state index in [1.807, 2.05) is 5.32 Å². The lowest BCUT2D eigenvalue weighted by molar-refractivity contribution is -0.253. The molecular formula is C30H28F7N3O3. The summed E-state index contributed by atoms with van der Waals surface area (Å²) < 4.78 is 106. The Kier molecular flexibility index (Phi) is 10.2. The number of benzene rings is 3. The van der Waals surface area contributed by atoms with E-state index in [0.717, 1.165) is 18.2 Å². The van der Waals surface area contributed by atoms with Crippen LogP contribution in [0.4, 0.5) is 35.5 Å². The number of alkyl halides is 6. The summed E-state index contributed by atoms with van der Waals surface area (Å²) in [5.41, 5.74) is -0.808. The predicted molar refractivity (Wildman–Crippen MR) is 143 cm³/mol. The molecule has 0 aromatic heterocycles. The number of nitrogens with zero attached hydrogens (tertiary/aromatic N) is 1. The number of nitriles is 1. The van der Waals surface area contributed by atoms with Gasteiger partial charge in [-0.15, -0.1) is 0 Å². The Morgan fingerprint density at radius 2 is 1.65 bits per heavy atom. The van der Waals surface area contributed by atoms with Gasteiger partial charge in [-0.2, -0.15) is 31.6 Å². The molecule has 0 radical (unpaired) electrons. The summed E-state index contributed by atoms with van der Waals surface area (Å²) in [5.74, 6) is -5.76. The summed E-state index contributed by atoms with van der Waals surface area (Å²) in [6, 6.07) is 14.6. The van der Waals surface area contributed by atoms with E-state index >= 15 is 0 Å². The first kappa shape index (κ1) is 33.0. The van der Waals surface area contributed by atoms with E-state index in [-0.39, 0.29) is 23.7 Å². The zero-order valence-corrected chi connectivity index (χ0v) is 23.2. The van der Waals surface area contributed by atoms with E-state index < -0.39 is 48.1 Å². The molecule has 0 aliphatic rings. The highest BCUT2D eigenvalue weighted by Crippen LogP contribution is 2.39. The van der Waals surface area contributed by atoms with Crippen molar-refractivity contribution in [3.8, 4) is 17.6 Å². The number of urea groups is 1. The van der Waals surface area contributed by atoms with Crippen LogP contribution in [0.5, 0.6) is 11.5 Å². The summed E-state index contributed by atoms with van der Waals surface area (Å²) in [5, 5.41) is 13.1. The number of carbonyl (C=O) groups is 1. The molecule has 0 aliphatic heterocycles. The van der Waals surface area contributed by atoms with E-state index in [1.54, 1.807) is 57.2 Å². The minimum absolute atomic E-state index is 0.192. The predicted octanol–water partition coefficient (Wildman–Crippen LogP) is 7.10. The van der Waals surface area contributed by atoms with Crippen LogP contribution in [0.15, 0.2) is 66.7 Å². The lowest BCUT2D eigenvalue weighted by Gasteiger charge is -2.37. The molecule has 0 saturated heterocycles. The molecule has 0 heterocycles. The lowest BCUT2D eigenvalue weighted by atomic mass is 9.77. The molecule has 0 spiro atoms. The van der Waals surface area contributed by atoms with Crippen LogP contribution in [0.1, 0.15) is 36.1 Å². The number of aryl methyl sites for hydroxylation is 1. The van der Waals surface area contributed by atoms with Crippen molar-refractivity contribution >= 4 is 6.03 Å². The first-order valence-electron chi connectivity index (χ1n) is 12.9. The standard InChI is InChI=1S/C30H28F7N3O3/c1-18(2)42-25-13-21(10-9-19(25)3)29(15-20-7-5-4-6-8-20,40-27(41)39-17-28(34,35)16-38)22-11-23(31)14-24(12-22)43-30(36,37)26(32)33/h4-14,18,26H,15,17H2,1-3H3,(H2,39,40,41)/t29-/m1/s1. The Labute approximate surface area is 243 Å². The molecule has 3 rings (SSSR count). The molecule has 2 amide bonds. The minimum Gasteiger partial charge on any atom is -0.491 e. The van der Waals surface area contributed by atoms with Gasteiger partial charge < -0.3 is 20.1 Å². The quantitative estimate of drug-likeness (QED) is 0.214. The molecule has 0 bridgehead atoms. The smallest absolute Gasteiger partial charge is 0.461 e. The van der Waals surface area contributed by atoms with Gasteiger partial charge in [0.25, 0.3) is 0 Å². The third-order valence-electron chi connectivity index (χ3n) is 6.19. The summed E-state index contributed by atoms with van der Waals surface area (Å²) in [6.45, 7) is 3.85.